The summed E-state index contributed by atoms with van der Waals surface area (Å²) in [6.07, 6.45) is 4.05. The average molecular weight is 268 g/mol. The second-order valence-corrected chi connectivity index (χ2v) is 4.36. The second kappa shape index (κ2) is 6.58. The van der Waals surface area contributed by atoms with Crippen LogP contribution in [0.25, 0.3) is 0 Å². The van der Waals surface area contributed by atoms with E-state index in [0.29, 0.717) is 17.9 Å². The summed E-state index contributed by atoms with van der Waals surface area (Å²) in [6, 6.07) is 11.8. The summed E-state index contributed by atoms with van der Waals surface area (Å²) in [5.74, 6) is 1.14. The Labute approximate surface area is 118 Å². The molecule has 0 amide bonds. The van der Waals surface area contributed by atoms with Crippen molar-refractivity contribution in [1.82, 2.24) is 4.98 Å². The molecule has 1 atom stereocenters. The number of rotatable bonds is 5. The summed E-state index contributed by atoms with van der Waals surface area (Å²) in [5.41, 5.74) is 1.95. The molecule has 1 unspecified atom stereocenters. The Morgan fingerprint density at radius 3 is 2.60 bits per heavy atom. The SMILES string of the molecule is COc1ccc(CC(C#N)c2cccnc2)cc1OC. The Hall–Kier alpha value is -2.54. The summed E-state index contributed by atoms with van der Waals surface area (Å²) < 4.78 is 10.5. The number of methoxy groups -OCH3 is 2. The molecular weight excluding hydrogens is 252 g/mol. The molecule has 0 aliphatic rings. The fraction of sp³-hybridized carbons (Fsp3) is 0.250. The van der Waals surface area contributed by atoms with Crippen molar-refractivity contribution in [2.24, 2.45) is 0 Å². The first kappa shape index (κ1) is 13.9. The van der Waals surface area contributed by atoms with Crippen LogP contribution in [0.5, 0.6) is 11.5 Å². The highest BCUT2D eigenvalue weighted by Crippen LogP contribution is 2.29. The zero-order valence-corrected chi connectivity index (χ0v) is 11.5. The fourth-order valence-corrected chi connectivity index (χ4v) is 2.06. The molecule has 4 nitrogen and oxygen atoms in total. The largest absolute Gasteiger partial charge is 0.493 e. The van der Waals surface area contributed by atoms with Gasteiger partial charge in [0.1, 0.15) is 0 Å². The van der Waals surface area contributed by atoms with E-state index in [2.05, 4.69) is 11.1 Å². The quantitative estimate of drug-likeness (QED) is 0.836. The van der Waals surface area contributed by atoms with Crippen LogP contribution in [0, 0.1) is 11.3 Å². The van der Waals surface area contributed by atoms with E-state index in [1.807, 2.05) is 30.3 Å². The molecule has 1 heterocycles. The van der Waals surface area contributed by atoms with Gasteiger partial charge in [-0.25, -0.2) is 0 Å². The highest BCUT2D eigenvalue weighted by Gasteiger charge is 2.13. The maximum Gasteiger partial charge on any atom is 0.160 e. The molecule has 0 spiro atoms. The fourth-order valence-electron chi connectivity index (χ4n) is 2.06. The number of hydrogen-bond acceptors (Lipinski definition) is 4. The maximum absolute atomic E-state index is 9.33. The molecule has 0 saturated heterocycles. The van der Waals surface area contributed by atoms with Crippen molar-refractivity contribution in [2.75, 3.05) is 14.2 Å². The predicted molar refractivity (Wildman–Crippen MR) is 75.8 cm³/mol. The average Bonchev–Trinajstić information content (AvgIpc) is 2.53. The van der Waals surface area contributed by atoms with Gasteiger partial charge in [-0.3, -0.25) is 4.98 Å². The van der Waals surface area contributed by atoms with Crippen molar-refractivity contribution in [3.63, 3.8) is 0 Å². The van der Waals surface area contributed by atoms with Crippen molar-refractivity contribution in [3.05, 3.63) is 53.9 Å². The van der Waals surface area contributed by atoms with Crippen LogP contribution >= 0.6 is 0 Å². The van der Waals surface area contributed by atoms with Crippen LogP contribution in [0.2, 0.25) is 0 Å². The molecule has 0 bridgehead atoms. The molecule has 0 aliphatic heterocycles. The van der Waals surface area contributed by atoms with Gasteiger partial charge in [0, 0.05) is 12.4 Å². The summed E-state index contributed by atoms with van der Waals surface area (Å²) in [4.78, 5) is 4.06. The van der Waals surface area contributed by atoms with Crippen molar-refractivity contribution in [3.8, 4) is 17.6 Å². The van der Waals surface area contributed by atoms with Gasteiger partial charge in [0.15, 0.2) is 11.5 Å². The maximum atomic E-state index is 9.33. The van der Waals surface area contributed by atoms with E-state index in [1.165, 1.54) is 0 Å². The number of nitrogens with zero attached hydrogens (tertiary/aromatic N) is 2. The Morgan fingerprint density at radius 2 is 2.00 bits per heavy atom. The van der Waals surface area contributed by atoms with Gasteiger partial charge in [-0.15, -0.1) is 0 Å². The zero-order valence-electron chi connectivity index (χ0n) is 11.5. The van der Waals surface area contributed by atoms with Crippen molar-refractivity contribution >= 4 is 0 Å². The third kappa shape index (κ3) is 3.07. The molecule has 4 heteroatoms. The highest BCUT2D eigenvalue weighted by atomic mass is 16.5. The number of hydrogen-bond donors (Lipinski definition) is 0. The Balaban J connectivity index is 2.23. The molecule has 1 aromatic heterocycles. The first-order chi connectivity index (χ1) is 9.78. The summed E-state index contributed by atoms with van der Waals surface area (Å²) in [5, 5.41) is 9.33. The van der Waals surface area contributed by atoms with Crippen LogP contribution in [-0.4, -0.2) is 19.2 Å². The van der Waals surface area contributed by atoms with E-state index < -0.39 is 0 Å². The van der Waals surface area contributed by atoms with E-state index in [4.69, 9.17) is 9.47 Å². The van der Waals surface area contributed by atoms with E-state index in [1.54, 1.807) is 26.6 Å². The van der Waals surface area contributed by atoms with E-state index in [9.17, 15) is 5.26 Å². The highest BCUT2D eigenvalue weighted by molar-refractivity contribution is 5.43. The number of nitriles is 1. The van der Waals surface area contributed by atoms with Gasteiger partial charge in [-0.05, 0) is 35.7 Å². The molecule has 102 valence electrons. The van der Waals surface area contributed by atoms with Crippen molar-refractivity contribution < 1.29 is 9.47 Å². The summed E-state index contributed by atoms with van der Waals surface area (Å²) in [7, 11) is 3.20. The monoisotopic (exact) mass is 268 g/mol. The number of pyridine rings is 1. The van der Waals surface area contributed by atoms with Crippen LogP contribution < -0.4 is 9.47 Å². The molecule has 0 N–H and O–H groups in total. The van der Waals surface area contributed by atoms with E-state index >= 15 is 0 Å². The van der Waals surface area contributed by atoms with Gasteiger partial charge in [-0.2, -0.15) is 5.26 Å². The van der Waals surface area contributed by atoms with Gasteiger partial charge in [0.25, 0.3) is 0 Å². The van der Waals surface area contributed by atoms with Gasteiger partial charge in [0.05, 0.1) is 26.2 Å². The number of aromatic nitrogens is 1. The van der Waals surface area contributed by atoms with Crippen LogP contribution in [-0.2, 0) is 6.42 Å². The molecule has 1 aromatic carbocycles. The van der Waals surface area contributed by atoms with Crippen LogP contribution in [0.3, 0.4) is 0 Å². The molecular formula is C16H16N2O2. The minimum Gasteiger partial charge on any atom is -0.493 e. The molecule has 2 rings (SSSR count). The second-order valence-electron chi connectivity index (χ2n) is 4.36. The third-order valence-electron chi connectivity index (χ3n) is 3.13. The molecule has 0 saturated carbocycles. The summed E-state index contributed by atoms with van der Waals surface area (Å²) in [6.45, 7) is 0. The van der Waals surface area contributed by atoms with Gasteiger partial charge in [-0.1, -0.05) is 12.1 Å². The smallest absolute Gasteiger partial charge is 0.160 e. The van der Waals surface area contributed by atoms with Crippen LogP contribution in [0.4, 0.5) is 0 Å². The van der Waals surface area contributed by atoms with Gasteiger partial charge in [0.2, 0.25) is 0 Å². The first-order valence-electron chi connectivity index (χ1n) is 6.29. The molecule has 0 aliphatic carbocycles. The minimum atomic E-state index is -0.221. The minimum absolute atomic E-state index is 0.221. The van der Waals surface area contributed by atoms with Crippen molar-refractivity contribution in [2.45, 2.75) is 12.3 Å². The first-order valence-corrected chi connectivity index (χ1v) is 6.29. The van der Waals surface area contributed by atoms with E-state index in [0.717, 1.165) is 11.1 Å². The normalized spacial score (nSPS) is 11.4. The van der Waals surface area contributed by atoms with Gasteiger partial charge >= 0.3 is 0 Å². The number of benzene rings is 1. The molecule has 2 aromatic rings. The number of ether oxygens (including phenoxy) is 2. The zero-order chi connectivity index (χ0) is 14.4. The standard InChI is InChI=1S/C16H16N2O2/c1-19-15-6-5-12(9-16(15)20-2)8-14(10-17)13-4-3-7-18-11-13/h3-7,9,11,14H,8H2,1-2H3. The third-order valence-corrected chi connectivity index (χ3v) is 3.13. The van der Waals surface area contributed by atoms with Crippen LogP contribution in [0.15, 0.2) is 42.7 Å². The lowest BCUT2D eigenvalue weighted by atomic mass is 9.94. The van der Waals surface area contributed by atoms with Crippen LogP contribution in [0.1, 0.15) is 17.0 Å². The van der Waals surface area contributed by atoms with Gasteiger partial charge < -0.3 is 9.47 Å². The Kier molecular flexibility index (Phi) is 4.56. The molecule has 20 heavy (non-hydrogen) atoms. The Morgan fingerprint density at radius 1 is 1.20 bits per heavy atom. The Bertz CT molecular complexity index is 606. The topological polar surface area (TPSA) is 55.1 Å². The predicted octanol–water partition coefficient (Wildman–Crippen LogP) is 2.95. The molecule has 0 radical (unpaired) electrons. The van der Waals surface area contributed by atoms with Crippen molar-refractivity contribution in [1.29, 1.82) is 5.26 Å². The lowest BCUT2D eigenvalue weighted by Crippen LogP contribution is -2.01. The summed E-state index contributed by atoms with van der Waals surface area (Å²) >= 11 is 0. The lowest BCUT2D eigenvalue weighted by Gasteiger charge is -2.12. The lowest BCUT2D eigenvalue weighted by molar-refractivity contribution is 0.354. The molecule has 0 fully saturated rings. The van der Waals surface area contributed by atoms with E-state index in [-0.39, 0.29) is 5.92 Å².